The fourth-order valence-corrected chi connectivity index (χ4v) is 1.81. The predicted octanol–water partition coefficient (Wildman–Crippen LogP) is 1.38. The number of aliphatic hydroxyl groups is 1. The lowest BCUT2D eigenvalue weighted by Crippen LogP contribution is -2.08. The van der Waals surface area contributed by atoms with Gasteiger partial charge in [-0.25, -0.2) is 0 Å². The van der Waals surface area contributed by atoms with Gasteiger partial charge in [0.1, 0.15) is 6.61 Å². The third-order valence-electron chi connectivity index (χ3n) is 2.72. The van der Waals surface area contributed by atoms with E-state index < -0.39 is 12.1 Å². The topological polar surface area (TPSA) is 63.6 Å². The van der Waals surface area contributed by atoms with E-state index in [1.165, 1.54) is 6.08 Å². The van der Waals surface area contributed by atoms with Crippen LogP contribution in [0.1, 0.15) is 18.4 Å². The third-order valence-corrected chi connectivity index (χ3v) is 2.72. The molecule has 1 aliphatic carbocycles. The molecule has 0 aliphatic heterocycles. The van der Waals surface area contributed by atoms with Gasteiger partial charge in [-0.1, -0.05) is 30.3 Å². The van der Waals surface area contributed by atoms with Crippen LogP contribution in [-0.2, 0) is 20.9 Å². The second kappa shape index (κ2) is 5.60. The van der Waals surface area contributed by atoms with E-state index in [1.54, 1.807) is 0 Å². The normalized spacial score (nSPS) is 18.6. The molecular formula is C14H14O4. The van der Waals surface area contributed by atoms with E-state index in [0.29, 0.717) is 5.57 Å². The fraction of sp³-hybridized carbons (Fsp3) is 0.286. The van der Waals surface area contributed by atoms with Crippen molar-refractivity contribution in [3.63, 3.8) is 0 Å². The summed E-state index contributed by atoms with van der Waals surface area (Å²) >= 11 is 0. The van der Waals surface area contributed by atoms with E-state index in [4.69, 9.17) is 4.74 Å². The van der Waals surface area contributed by atoms with Gasteiger partial charge < -0.3 is 9.84 Å². The van der Waals surface area contributed by atoms with E-state index in [-0.39, 0.29) is 25.2 Å². The van der Waals surface area contributed by atoms with E-state index in [2.05, 4.69) is 0 Å². The average Bonchev–Trinajstić information content (AvgIpc) is 2.67. The van der Waals surface area contributed by atoms with Crippen molar-refractivity contribution < 1.29 is 19.4 Å². The molecule has 1 aliphatic rings. The lowest BCUT2D eigenvalue weighted by atomic mass is 10.1. The summed E-state index contributed by atoms with van der Waals surface area (Å²) in [6, 6.07) is 9.33. The van der Waals surface area contributed by atoms with Crippen LogP contribution in [0, 0.1) is 0 Å². The van der Waals surface area contributed by atoms with Gasteiger partial charge in [0, 0.05) is 12.0 Å². The Labute approximate surface area is 105 Å². The van der Waals surface area contributed by atoms with Crippen LogP contribution in [0.15, 0.2) is 42.0 Å². The van der Waals surface area contributed by atoms with E-state index in [1.807, 2.05) is 30.3 Å². The first-order valence-corrected chi connectivity index (χ1v) is 5.76. The summed E-state index contributed by atoms with van der Waals surface area (Å²) in [5, 5.41) is 9.24. The Morgan fingerprint density at radius 2 is 2.06 bits per heavy atom. The molecule has 0 amide bonds. The monoisotopic (exact) mass is 246 g/mol. The lowest BCUT2D eigenvalue weighted by molar-refractivity contribution is -0.144. The highest BCUT2D eigenvalue weighted by Crippen LogP contribution is 2.18. The van der Waals surface area contributed by atoms with Crippen LogP contribution in [0.3, 0.4) is 0 Å². The zero-order valence-electron chi connectivity index (χ0n) is 9.83. The van der Waals surface area contributed by atoms with Gasteiger partial charge in [-0.05, 0) is 11.6 Å². The van der Waals surface area contributed by atoms with Crippen LogP contribution in [0.5, 0.6) is 0 Å². The molecule has 0 saturated heterocycles. The number of carbonyl (C=O) groups is 2. The van der Waals surface area contributed by atoms with Gasteiger partial charge >= 0.3 is 5.97 Å². The fourth-order valence-electron chi connectivity index (χ4n) is 1.81. The molecule has 0 bridgehead atoms. The first kappa shape index (κ1) is 12.5. The number of hydrogen-bond donors (Lipinski definition) is 1. The molecule has 4 nitrogen and oxygen atoms in total. The molecule has 1 aromatic rings. The molecule has 0 radical (unpaired) electrons. The zero-order valence-corrected chi connectivity index (χ0v) is 9.83. The highest BCUT2D eigenvalue weighted by atomic mass is 16.5. The summed E-state index contributed by atoms with van der Waals surface area (Å²) in [5.41, 5.74) is 1.25. The molecular weight excluding hydrogens is 232 g/mol. The number of benzene rings is 1. The first-order chi connectivity index (χ1) is 8.65. The highest BCUT2D eigenvalue weighted by Gasteiger charge is 2.24. The third kappa shape index (κ3) is 3.28. The predicted molar refractivity (Wildman–Crippen MR) is 64.6 cm³/mol. The molecule has 18 heavy (non-hydrogen) atoms. The summed E-state index contributed by atoms with van der Waals surface area (Å²) in [4.78, 5) is 22.9. The van der Waals surface area contributed by atoms with Gasteiger partial charge in [0.15, 0.2) is 5.78 Å². The van der Waals surface area contributed by atoms with Gasteiger partial charge in [-0.2, -0.15) is 0 Å². The summed E-state index contributed by atoms with van der Waals surface area (Å²) in [7, 11) is 0. The second-order valence-electron chi connectivity index (χ2n) is 4.21. The Balaban J connectivity index is 1.83. The molecule has 0 unspecified atom stereocenters. The standard InChI is InChI=1S/C14H14O4/c15-12-6-11(13(16)8-12)7-14(17)18-9-10-4-2-1-3-5-10/h1-6,12,15H,7-9H2/t12-/m1/s1. The van der Waals surface area contributed by atoms with Crippen molar-refractivity contribution in [2.24, 2.45) is 0 Å². The minimum absolute atomic E-state index is 0.0667. The molecule has 4 heteroatoms. The maximum atomic E-state index is 11.5. The van der Waals surface area contributed by atoms with Crippen LogP contribution < -0.4 is 0 Å². The van der Waals surface area contributed by atoms with Crippen molar-refractivity contribution in [2.45, 2.75) is 25.6 Å². The maximum Gasteiger partial charge on any atom is 0.310 e. The van der Waals surface area contributed by atoms with Crippen LogP contribution in [0.4, 0.5) is 0 Å². The summed E-state index contributed by atoms with van der Waals surface area (Å²) in [6.07, 6.45) is 0.672. The van der Waals surface area contributed by atoms with Crippen LogP contribution in [-0.4, -0.2) is 23.0 Å². The SMILES string of the molecule is O=C(CC1=C[C@@H](O)CC1=O)OCc1ccccc1. The van der Waals surface area contributed by atoms with Gasteiger partial charge in [0.05, 0.1) is 12.5 Å². The second-order valence-corrected chi connectivity index (χ2v) is 4.21. The van der Waals surface area contributed by atoms with Gasteiger partial charge in [-0.15, -0.1) is 0 Å². The first-order valence-electron chi connectivity index (χ1n) is 5.76. The maximum absolute atomic E-state index is 11.5. The van der Waals surface area contributed by atoms with Crippen LogP contribution in [0.2, 0.25) is 0 Å². The molecule has 2 rings (SSSR count). The van der Waals surface area contributed by atoms with Crippen molar-refractivity contribution >= 4 is 11.8 Å². The van der Waals surface area contributed by atoms with Crippen molar-refractivity contribution in [2.75, 3.05) is 0 Å². The van der Waals surface area contributed by atoms with Crippen molar-refractivity contribution in [1.82, 2.24) is 0 Å². The zero-order chi connectivity index (χ0) is 13.0. The number of carbonyl (C=O) groups excluding carboxylic acids is 2. The Bertz CT molecular complexity index is 476. The lowest BCUT2D eigenvalue weighted by Gasteiger charge is -2.04. The summed E-state index contributed by atoms with van der Waals surface area (Å²) in [5.74, 6) is -0.633. The number of Topliss-reactive ketones (excluding diaryl/α,β-unsaturated/α-hetero) is 1. The molecule has 94 valence electrons. The number of ether oxygens (including phenoxy) is 1. The largest absolute Gasteiger partial charge is 0.461 e. The number of aliphatic hydroxyl groups excluding tert-OH is 1. The molecule has 0 saturated carbocycles. The van der Waals surface area contributed by atoms with Gasteiger partial charge in [0.25, 0.3) is 0 Å². The molecule has 0 spiro atoms. The van der Waals surface area contributed by atoms with Gasteiger partial charge in [-0.3, -0.25) is 9.59 Å². The molecule has 1 atom stereocenters. The van der Waals surface area contributed by atoms with Crippen molar-refractivity contribution in [1.29, 1.82) is 0 Å². The molecule has 0 aromatic heterocycles. The van der Waals surface area contributed by atoms with E-state index in [0.717, 1.165) is 5.56 Å². The Hall–Kier alpha value is -1.94. The van der Waals surface area contributed by atoms with Gasteiger partial charge in [0.2, 0.25) is 0 Å². The quantitative estimate of drug-likeness (QED) is 0.815. The molecule has 1 aromatic carbocycles. The van der Waals surface area contributed by atoms with E-state index in [9.17, 15) is 14.7 Å². The number of esters is 1. The highest BCUT2D eigenvalue weighted by molar-refractivity contribution is 6.01. The number of ketones is 1. The average molecular weight is 246 g/mol. The Morgan fingerprint density at radius 1 is 1.33 bits per heavy atom. The smallest absolute Gasteiger partial charge is 0.310 e. The van der Waals surface area contributed by atoms with Crippen molar-refractivity contribution in [3.8, 4) is 0 Å². The minimum Gasteiger partial charge on any atom is -0.461 e. The number of rotatable bonds is 4. The van der Waals surface area contributed by atoms with E-state index >= 15 is 0 Å². The summed E-state index contributed by atoms with van der Waals surface area (Å²) < 4.78 is 5.06. The van der Waals surface area contributed by atoms with Crippen molar-refractivity contribution in [3.05, 3.63) is 47.5 Å². The van der Waals surface area contributed by atoms with Crippen LogP contribution >= 0.6 is 0 Å². The molecule has 1 N–H and O–H groups in total. The Morgan fingerprint density at radius 3 is 2.67 bits per heavy atom. The molecule has 0 fully saturated rings. The summed E-state index contributed by atoms with van der Waals surface area (Å²) in [6.45, 7) is 0.198. The molecule has 0 heterocycles. The minimum atomic E-state index is -0.755. The Kier molecular flexibility index (Phi) is 3.89. The van der Waals surface area contributed by atoms with Crippen LogP contribution in [0.25, 0.3) is 0 Å². The number of hydrogen-bond acceptors (Lipinski definition) is 4.